The van der Waals surface area contributed by atoms with Crippen molar-refractivity contribution in [3.05, 3.63) is 87.4 Å². The summed E-state index contributed by atoms with van der Waals surface area (Å²) < 4.78 is 41.7. The van der Waals surface area contributed by atoms with Gasteiger partial charge in [0.2, 0.25) is 0 Å². The van der Waals surface area contributed by atoms with Crippen molar-refractivity contribution in [2.75, 3.05) is 6.54 Å². The highest BCUT2D eigenvalue weighted by molar-refractivity contribution is 5.81. The van der Waals surface area contributed by atoms with Crippen molar-refractivity contribution >= 4 is 17.0 Å². The minimum atomic E-state index is -0.694. The molecule has 0 aliphatic carbocycles. The Bertz CT molecular complexity index is 1950. The average Bonchev–Trinajstić information content (AvgIpc) is 3.62. The van der Waals surface area contributed by atoms with E-state index in [4.69, 9.17) is 9.84 Å². The molecule has 10 nitrogen and oxygen atoms in total. The van der Waals surface area contributed by atoms with Crippen LogP contribution in [-0.2, 0) is 18.2 Å². The van der Waals surface area contributed by atoms with Crippen molar-refractivity contribution in [1.29, 1.82) is 0 Å². The molecule has 1 amide bonds. The van der Waals surface area contributed by atoms with Crippen LogP contribution in [-0.4, -0.2) is 51.8 Å². The molecule has 5 aromatic rings. The van der Waals surface area contributed by atoms with Gasteiger partial charge in [-0.15, -0.1) is 0 Å². The van der Waals surface area contributed by atoms with Gasteiger partial charge in [-0.3, -0.25) is 13.8 Å². The van der Waals surface area contributed by atoms with Crippen molar-refractivity contribution < 1.29 is 18.3 Å². The summed E-state index contributed by atoms with van der Waals surface area (Å²) in [5, 5.41) is 9.29. The number of halogens is 2. The fourth-order valence-corrected chi connectivity index (χ4v) is 5.77. The largest absolute Gasteiger partial charge is 0.444 e. The zero-order chi connectivity index (χ0) is 31.0. The lowest BCUT2D eigenvalue weighted by molar-refractivity contribution is 0.0159. The third-order valence-corrected chi connectivity index (χ3v) is 7.85. The number of carbonyl (C=O) groups is 1. The van der Waals surface area contributed by atoms with Gasteiger partial charge >= 0.3 is 11.8 Å². The highest BCUT2D eigenvalue weighted by atomic mass is 19.1. The van der Waals surface area contributed by atoms with Crippen molar-refractivity contribution in [1.82, 2.24) is 33.6 Å². The number of imidazole rings is 1. The molecule has 12 heteroatoms. The minimum Gasteiger partial charge on any atom is -0.444 e. The molecule has 0 spiro atoms. The van der Waals surface area contributed by atoms with E-state index < -0.39 is 29.2 Å². The lowest BCUT2D eigenvalue weighted by Crippen LogP contribution is -2.42. The van der Waals surface area contributed by atoms with Crippen LogP contribution in [0.15, 0.2) is 47.7 Å². The molecule has 224 valence electrons. The molecule has 0 radical (unpaired) electrons. The number of benzene rings is 2. The van der Waals surface area contributed by atoms with Crippen LogP contribution in [0.4, 0.5) is 13.6 Å². The average molecular weight is 590 g/mol. The Hall–Kier alpha value is -4.74. The maximum absolute atomic E-state index is 15.6. The highest BCUT2D eigenvalue weighted by Gasteiger charge is 2.37. The van der Waals surface area contributed by atoms with Crippen LogP contribution in [0.1, 0.15) is 56.1 Å². The third kappa shape index (κ3) is 4.61. The number of hydrogen-bond donors (Lipinski definition) is 0. The molecule has 0 fully saturated rings. The SMILES string of the molecule is Cc1cc(-n2nc3c(c2-n2ccn(-c4ccc5c(cnn5C)c4F)c2=O)C(C)N(C(=O)OC(C)(C)C)CC3)cc(C)c1F. The maximum Gasteiger partial charge on any atom is 0.410 e. The molecule has 0 saturated heterocycles. The molecule has 1 aliphatic heterocycles. The Morgan fingerprint density at radius 1 is 1.05 bits per heavy atom. The Morgan fingerprint density at radius 2 is 1.72 bits per heavy atom. The van der Waals surface area contributed by atoms with E-state index in [0.717, 1.165) is 0 Å². The van der Waals surface area contributed by atoms with Gasteiger partial charge in [-0.2, -0.15) is 10.2 Å². The van der Waals surface area contributed by atoms with E-state index in [1.165, 1.54) is 27.6 Å². The van der Waals surface area contributed by atoms with Gasteiger partial charge in [0.1, 0.15) is 17.2 Å². The van der Waals surface area contributed by atoms with E-state index >= 15 is 4.39 Å². The molecule has 6 rings (SSSR count). The van der Waals surface area contributed by atoms with Gasteiger partial charge in [0.15, 0.2) is 5.82 Å². The van der Waals surface area contributed by atoms with Crippen LogP contribution in [0.5, 0.6) is 0 Å². The number of rotatable bonds is 3. The normalized spacial score (nSPS) is 15.3. The Labute approximate surface area is 246 Å². The number of amides is 1. The minimum absolute atomic E-state index is 0.0704. The molecule has 3 aromatic heterocycles. The Balaban J connectivity index is 1.55. The molecular formula is C31H33F2N7O3. The summed E-state index contributed by atoms with van der Waals surface area (Å²) in [7, 11) is 1.72. The molecular weight excluding hydrogens is 556 g/mol. The first-order valence-corrected chi connectivity index (χ1v) is 14.1. The number of fused-ring (bicyclic) bond motifs is 2. The third-order valence-electron chi connectivity index (χ3n) is 7.85. The second-order valence-corrected chi connectivity index (χ2v) is 12.0. The molecule has 43 heavy (non-hydrogen) atoms. The van der Waals surface area contributed by atoms with E-state index in [9.17, 15) is 14.0 Å². The summed E-state index contributed by atoms with van der Waals surface area (Å²) >= 11 is 0. The predicted octanol–water partition coefficient (Wildman–Crippen LogP) is 5.45. The van der Waals surface area contributed by atoms with E-state index in [2.05, 4.69) is 5.10 Å². The van der Waals surface area contributed by atoms with Crippen molar-refractivity contribution in [2.24, 2.45) is 7.05 Å². The zero-order valence-corrected chi connectivity index (χ0v) is 25.1. The topological polar surface area (TPSA) is 92.1 Å². The summed E-state index contributed by atoms with van der Waals surface area (Å²) in [6, 6.07) is 6.07. The van der Waals surface area contributed by atoms with E-state index in [1.807, 2.05) is 6.92 Å². The molecule has 1 aliphatic rings. The first-order valence-electron chi connectivity index (χ1n) is 14.1. The fraction of sp³-hybridized carbons (Fsp3) is 0.355. The zero-order valence-electron chi connectivity index (χ0n) is 25.1. The Kier molecular flexibility index (Phi) is 6.55. The van der Waals surface area contributed by atoms with Crippen LogP contribution < -0.4 is 5.69 Å². The van der Waals surface area contributed by atoms with Crippen molar-refractivity contribution in [3.63, 3.8) is 0 Å². The van der Waals surface area contributed by atoms with Gasteiger partial charge in [0, 0.05) is 38.0 Å². The van der Waals surface area contributed by atoms with Crippen LogP contribution in [0.25, 0.3) is 28.1 Å². The first-order chi connectivity index (χ1) is 20.3. The lowest BCUT2D eigenvalue weighted by Gasteiger charge is -2.34. The van der Waals surface area contributed by atoms with E-state index in [1.54, 1.807) is 80.3 Å². The van der Waals surface area contributed by atoms with Crippen LogP contribution in [0.2, 0.25) is 0 Å². The van der Waals surface area contributed by atoms with Crippen LogP contribution in [0, 0.1) is 25.5 Å². The molecule has 0 N–H and O–H groups in total. The number of carbonyl (C=O) groups excluding carboxylic acids is 1. The summed E-state index contributed by atoms with van der Waals surface area (Å²) in [4.78, 5) is 28.9. The molecule has 2 aromatic carbocycles. The second-order valence-electron chi connectivity index (χ2n) is 12.0. The van der Waals surface area contributed by atoms with Gasteiger partial charge in [0.05, 0.1) is 40.2 Å². The quantitative estimate of drug-likeness (QED) is 0.279. The van der Waals surface area contributed by atoms with Crippen molar-refractivity contribution in [2.45, 2.75) is 59.6 Å². The van der Waals surface area contributed by atoms with Crippen molar-refractivity contribution in [3.8, 4) is 17.2 Å². The number of nitrogens with zero attached hydrogens (tertiary/aromatic N) is 7. The molecule has 0 saturated carbocycles. The Morgan fingerprint density at radius 3 is 2.40 bits per heavy atom. The molecule has 1 unspecified atom stereocenters. The first kappa shape index (κ1) is 28.4. The number of ether oxygens (including phenoxy) is 1. The standard InChI is InChI=1S/C31H33F2N7O3/c1-17-14-20(15-18(2)26(17)32)40-28(25-19(3)37(11-10-22(25)35-40)30(42)43-31(4,5)6)39-13-12-38(29(39)41)24-9-8-23-21(27(24)33)16-34-36(23)7/h8-9,12-16,19H,10-11H2,1-7H3. The van der Waals surface area contributed by atoms with Gasteiger partial charge < -0.3 is 9.64 Å². The van der Waals surface area contributed by atoms with E-state index in [0.29, 0.717) is 57.8 Å². The number of aromatic nitrogens is 6. The van der Waals surface area contributed by atoms with Gasteiger partial charge in [0.25, 0.3) is 0 Å². The molecule has 4 heterocycles. The number of hydrogen-bond acceptors (Lipinski definition) is 5. The monoisotopic (exact) mass is 589 g/mol. The number of aryl methyl sites for hydroxylation is 3. The van der Waals surface area contributed by atoms with Crippen LogP contribution in [0.3, 0.4) is 0 Å². The maximum atomic E-state index is 15.6. The smallest absolute Gasteiger partial charge is 0.410 e. The second kappa shape index (κ2) is 9.92. The summed E-state index contributed by atoms with van der Waals surface area (Å²) in [6.45, 7) is 11.0. The molecule has 1 atom stereocenters. The summed E-state index contributed by atoms with van der Waals surface area (Å²) in [5.41, 5.74) is 2.19. The highest BCUT2D eigenvalue weighted by Crippen LogP contribution is 2.36. The van der Waals surface area contributed by atoms with Crippen LogP contribution >= 0.6 is 0 Å². The van der Waals surface area contributed by atoms with Gasteiger partial charge in [-0.05, 0) is 76.9 Å². The van der Waals surface area contributed by atoms with Gasteiger partial charge in [-0.25, -0.2) is 23.1 Å². The summed E-state index contributed by atoms with van der Waals surface area (Å²) in [5.74, 6) is -0.515. The summed E-state index contributed by atoms with van der Waals surface area (Å²) in [6.07, 6.45) is 4.40. The molecule has 0 bridgehead atoms. The lowest BCUT2D eigenvalue weighted by atomic mass is 10.00. The predicted molar refractivity (Wildman–Crippen MR) is 157 cm³/mol. The van der Waals surface area contributed by atoms with E-state index in [-0.39, 0.29) is 11.5 Å². The van der Waals surface area contributed by atoms with Gasteiger partial charge in [-0.1, -0.05) is 0 Å². The fourth-order valence-electron chi connectivity index (χ4n) is 5.77.